The molecule has 4 aliphatic heterocycles. The summed E-state index contributed by atoms with van der Waals surface area (Å²) in [6.07, 6.45) is 18.5. The standard InChI is InChI=1S/C20H16N4/c1-2-14-10-16-5-6-18(23-16)12-20-8-7-19(24-20)11-17-4-3-15(22-17)9-13(1)21-14/h1-6,9-12,19,23H,7-8H2. The van der Waals surface area contributed by atoms with E-state index in [1.165, 1.54) is 0 Å². The molecule has 4 nitrogen and oxygen atoms in total. The Hall–Kier alpha value is -3.01. The van der Waals surface area contributed by atoms with Crippen LogP contribution in [0.3, 0.4) is 0 Å². The Morgan fingerprint density at radius 2 is 1.58 bits per heavy atom. The third-order valence-electron chi connectivity index (χ3n) is 4.41. The maximum atomic E-state index is 4.81. The Morgan fingerprint density at radius 1 is 0.833 bits per heavy atom. The number of aromatic nitrogens is 1. The van der Waals surface area contributed by atoms with E-state index in [1.807, 2.05) is 30.4 Å². The fourth-order valence-electron chi connectivity index (χ4n) is 3.28. The zero-order valence-corrected chi connectivity index (χ0v) is 13.1. The quantitative estimate of drug-likeness (QED) is 0.762. The van der Waals surface area contributed by atoms with E-state index >= 15 is 0 Å². The van der Waals surface area contributed by atoms with Gasteiger partial charge >= 0.3 is 0 Å². The van der Waals surface area contributed by atoms with Crippen LogP contribution in [-0.4, -0.2) is 28.2 Å². The minimum atomic E-state index is 0.219. The van der Waals surface area contributed by atoms with Gasteiger partial charge in [0.25, 0.3) is 0 Å². The lowest BCUT2D eigenvalue weighted by Gasteiger charge is -1.98. The Balaban J connectivity index is 1.67. The summed E-state index contributed by atoms with van der Waals surface area (Å²) < 4.78 is 0. The lowest BCUT2D eigenvalue weighted by atomic mass is 10.1. The molecule has 0 saturated carbocycles. The molecule has 8 bridgehead atoms. The molecule has 1 aromatic heterocycles. The number of fused-ring (bicyclic) bond motifs is 5. The Bertz CT molecular complexity index is 1050. The van der Waals surface area contributed by atoms with Crippen molar-refractivity contribution in [2.45, 2.75) is 18.9 Å². The molecule has 0 aromatic carbocycles. The van der Waals surface area contributed by atoms with Crippen LogP contribution in [0.5, 0.6) is 0 Å². The molecule has 4 aliphatic rings. The molecule has 116 valence electrons. The highest BCUT2D eigenvalue weighted by Gasteiger charge is 2.15. The van der Waals surface area contributed by atoms with Gasteiger partial charge in [0.1, 0.15) is 0 Å². The highest BCUT2D eigenvalue weighted by atomic mass is 14.8. The SMILES string of the molecule is C1=CC2=NC1=CC1CCC(=N1)C=c1ccc([nH]1)=CC1=NC(=C2)C=C1. The third-order valence-corrected chi connectivity index (χ3v) is 4.41. The molecule has 0 fully saturated rings. The number of nitrogens with one attached hydrogen (secondary N) is 1. The molecule has 0 aliphatic carbocycles. The van der Waals surface area contributed by atoms with Gasteiger partial charge in [-0.05, 0) is 73.6 Å². The number of H-pyrrole nitrogens is 1. The van der Waals surface area contributed by atoms with Gasteiger partial charge in [-0.1, -0.05) is 0 Å². The smallest absolute Gasteiger partial charge is 0.0710 e. The van der Waals surface area contributed by atoms with Crippen molar-refractivity contribution >= 4 is 29.3 Å². The zero-order chi connectivity index (χ0) is 15.9. The van der Waals surface area contributed by atoms with Gasteiger partial charge < -0.3 is 4.98 Å². The molecule has 1 N–H and O–H groups in total. The van der Waals surface area contributed by atoms with Crippen LogP contribution in [0.1, 0.15) is 12.8 Å². The predicted octanol–water partition coefficient (Wildman–Crippen LogP) is 1.98. The summed E-state index contributed by atoms with van der Waals surface area (Å²) in [5.41, 5.74) is 4.94. The number of aliphatic imine (C=N–C) groups is 3. The minimum absolute atomic E-state index is 0.219. The van der Waals surface area contributed by atoms with Gasteiger partial charge in [-0.3, -0.25) is 4.99 Å². The van der Waals surface area contributed by atoms with Crippen LogP contribution in [-0.2, 0) is 0 Å². The highest BCUT2D eigenvalue weighted by molar-refractivity contribution is 6.20. The summed E-state index contributed by atoms with van der Waals surface area (Å²) in [7, 11) is 0. The van der Waals surface area contributed by atoms with Crippen molar-refractivity contribution in [1.29, 1.82) is 0 Å². The third kappa shape index (κ3) is 2.56. The Labute approximate surface area is 139 Å². The summed E-state index contributed by atoms with van der Waals surface area (Å²) in [4.78, 5) is 17.5. The topological polar surface area (TPSA) is 52.9 Å². The van der Waals surface area contributed by atoms with Crippen molar-refractivity contribution in [3.8, 4) is 0 Å². The van der Waals surface area contributed by atoms with E-state index in [-0.39, 0.29) is 6.04 Å². The monoisotopic (exact) mass is 312 g/mol. The van der Waals surface area contributed by atoms with E-state index < -0.39 is 0 Å². The summed E-state index contributed by atoms with van der Waals surface area (Å²) in [5.74, 6) is 0. The predicted molar refractivity (Wildman–Crippen MR) is 98.7 cm³/mol. The van der Waals surface area contributed by atoms with E-state index in [0.717, 1.165) is 52.1 Å². The number of hydrogen-bond acceptors (Lipinski definition) is 3. The molecule has 5 rings (SSSR count). The summed E-state index contributed by atoms with van der Waals surface area (Å²) >= 11 is 0. The Morgan fingerprint density at radius 3 is 2.50 bits per heavy atom. The van der Waals surface area contributed by atoms with E-state index in [9.17, 15) is 0 Å². The van der Waals surface area contributed by atoms with Gasteiger partial charge in [0, 0.05) is 16.4 Å². The second-order valence-corrected chi connectivity index (χ2v) is 6.28. The lowest BCUT2D eigenvalue weighted by molar-refractivity contribution is 0.802. The second-order valence-electron chi connectivity index (χ2n) is 6.28. The molecule has 1 unspecified atom stereocenters. The van der Waals surface area contributed by atoms with Crippen LogP contribution >= 0.6 is 0 Å². The lowest BCUT2D eigenvalue weighted by Crippen LogP contribution is -2.12. The van der Waals surface area contributed by atoms with Crippen molar-refractivity contribution in [3.05, 3.63) is 70.7 Å². The van der Waals surface area contributed by atoms with Crippen LogP contribution in [0, 0.1) is 0 Å². The minimum Gasteiger partial charge on any atom is -0.355 e. The number of nitrogens with zero attached hydrogens (tertiary/aromatic N) is 3. The first kappa shape index (κ1) is 13.4. The molecule has 24 heavy (non-hydrogen) atoms. The van der Waals surface area contributed by atoms with E-state index in [4.69, 9.17) is 4.99 Å². The average molecular weight is 312 g/mol. The molecule has 0 amide bonds. The first-order chi connectivity index (χ1) is 11.8. The summed E-state index contributed by atoms with van der Waals surface area (Å²) in [6.45, 7) is 0. The number of aromatic amines is 1. The van der Waals surface area contributed by atoms with Gasteiger partial charge in [0.15, 0.2) is 0 Å². The van der Waals surface area contributed by atoms with Crippen molar-refractivity contribution < 1.29 is 0 Å². The van der Waals surface area contributed by atoms with Crippen molar-refractivity contribution in [1.82, 2.24) is 4.98 Å². The molecule has 4 heteroatoms. The average Bonchev–Trinajstić information content (AvgIpc) is 3.32. The van der Waals surface area contributed by atoms with E-state index in [0.29, 0.717) is 0 Å². The van der Waals surface area contributed by atoms with Gasteiger partial charge in [0.2, 0.25) is 0 Å². The van der Waals surface area contributed by atoms with Crippen LogP contribution in [0.15, 0.2) is 75.0 Å². The maximum Gasteiger partial charge on any atom is 0.0710 e. The second kappa shape index (κ2) is 5.27. The molecule has 1 aromatic rings. The van der Waals surface area contributed by atoms with Crippen molar-refractivity contribution in [3.63, 3.8) is 0 Å². The Kier molecular flexibility index (Phi) is 2.95. The molecule has 1 atom stereocenters. The van der Waals surface area contributed by atoms with Crippen LogP contribution in [0.25, 0.3) is 12.2 Å². The molecule has 0 spiro atoms. The van der Waals surface area contributed by atoms with Gasteiger partial charge in [0.05, 0.1) is 28.9 Å². The molecule has 0 saturated heterocycles. The van der Waals surface area contributed by atoms with Gasteiger partial charge in [-0.2, -0.15) is 0 Å². The van der Waals surface area contributed by atoms with Crippen LogP contribution < -0.4 is 10.7 Å². The van der Waals surface area contributed by atoms with Crippen molar-refractivity contribution in [2.75, 3.05) is 0 Å². The van der Waals surface area contributed by atoms with Crippen LogP contribution in [0.4, 0.5) is 0 Å². The molecular weight excluding hydrogens is 296 g/mol. The maximum absolute atomic E-state index is 4.81. The van der Waals surface area contributed by atoms with E-state index in [2.05, 4.69) is 45.3 Å². The molecule has 5 heterocycles. The number of allylic oxidation sites excluding steroid dienone is 5. The fourth-order valence-corrected chi connectivity index (χ4v) is 3.28. The molecule has 0 radical (unpaired) electrons. The largest absolute Gasteiger partial charge is 0.355 e. The van der Waals surface area contributed by atoms with Gasteiger partial charge in [-0.15, -0.1) is 0 Å². The zero-order valence-electron chi connectivity index (χ0n) is 13.1. The number of rotatable bonds is 0. The highest BCUT2D eigenvalue weighted by Crippen LogP contribution is 2.20. The number of hydrogen-bond donors (Lipinski definition) is 1. The van der Waals surface area contributed by atoms with Crippen molar-refractivity contribution in [2.24, 2.45) is 15.0 Å². The normalized spacial score (nSPS) is 23.8. The van der Waals surface area contributed by atoms with Crippen LogP contribution in [0.2, 0.25) is 0 Å². The summed E-state index contributed by atoms with van der Waals surface area (Å²) in [6, 6.07) is 4.38. The van der Waals surface area contributed by atoms with Gasteiger partial charge in [-0.25, -0.2) is 9.98 Å². The first-order valence-corrected chi connectivity index (χ1v) is 8.22. The first-order valence-electron chi connectivity index (χ1n) is 8.22. The van der Waals surface area contributed by atoms with E-state index in [1.54, 1.807) is 0 Å². The summed E-state index contributed by atoms with van der Waals surface area (Å²) in [5, 5.41) is 2.13. The fraction of sp³-hybridized carbons (Fsp3) is 0.150. The molecular formula is C20H16N4.